The van der Waals surface area contributed by atoms with E-state index in [1.807, 2.05) is 0 Å². The van der Waals surface area contributed by atoms with E-state index in [0.29, 0.717) is 16.9 Å². The first kappa shape index (κ1) is 21.3. The van der Waals surface area contributed by atoms with Crippen LogP contribution in [0.25, 0.3) is 22.2 Å². The van der Waals surface area contributed by atoms with Crippen LogP contribution in [0.4, 0.5) is 13.2 Å². The normalized spacial score (nSPS) is 15.7. The van der Waals surface area contributed by atoms with Crippen LogP contribution >= 0.6 is 0 Å². The highest BCUT2D eigenvalue weighted by Crippen LogP contribution is 2.47. The number of H-pyrrole nitrogens is 1. The van der Waals surface area contributed by atoms with Crippen LogP contribution in [-0.4, -0.2) is 43.7 Å². The molecular weight excluding hydrogens is 437 g/mol. The number of sulfone groups is 1. The third kappa shape index (κ3) is 3.56. The number of alkyl halides is 3. The Balaban J connectivity index is 2.14. The summed E-state index contributed by atoms with van der Waals surface area (Å²) in [4.78, 5) is 15.2. The van der Waals surface area contributed by atoms with Crippen molar-refractivity contribution in [2.45, 2.75) is 19.1 Å². The number of benzene rings is 2. The molecule has 2 aromatic carbocycles. The van der Waals surface area contributed by atoms with E-state index in [2.05, 4.69) is 4.98 Å². The lowest BCUT2D eigenvalue weighted by molar-refractivity contribution is -0.137. The lowest BCUT2D eigenvalue weighted by Gasteiger charge is -2.29. The van der Waals surface area contributed by atoms with E-state index in [4.69, 9.17) is 9.47 Å². The molecule has 0 fully saturated rings. The summed E-state index contributed by atoms with van der Waals surface area (Å²) in [5.41, 5.74) is -0.553. The largest absolute Gasteiger partial charge is 0.493 e. The molecule has 11 heteroatoms. The Labute approximate surface area is 175 Å². The molecule has 4 rings (SSSR count). The molecule has 0 radical (unpaired) electrons. The Morgan fingerprint density at radius 1 is 1.13 bits per heavy atom. The number of imidazole rings is 1. The van der Waals surface area contributed by atoms with Crippen molar-refractivity contribution in [3.05, 3.63) is 45.9 Å². The molecule has 0 aliphatic carbocycles. The zero-order chi connectivity index (χ0) is 22.7. The number of aromatic nitrogens is 2. The Morgan fingerprint density at radius 3 is 2.42 bits per heavy atom. The number of nitrogens with one attached hydrogen (secondary N) is 1. The van der Waals surface area contributed by atoms with Gasteiger partial charge < -0.3 is 14.5 Å². The van der Waals surface area contributed by atoms with Gasteiger partial charge in [0, 0.05) is 11.8 Å². The first-order valence-corrected chi connectivity index (χ1v) is 11.4. The molecule has 1 aliphatic heterocycles. The summed E-state index contributed by atoms with van der Waals surface area (Å²) in [6.07, 6.45) is -3.60. The molecule has 0 saturated carbocycles. The molecule has 1 aromatic heterocycles. The van der Waals surface area contributed by atoms with Crippen molar-refractivity contribution in [1.29, 1.82) is 0 Å². The van der Waals surface area contributed by atoms with E-state index < -0.39 is 39.1 Å². The van der Waals surface area contributed by atoms with Gasteiger partial charge >= 0.3 is 11.9 Å². The maximum atomic E-state index is 13.5. The number of ether oxygens (including phenoxy) is 2. The number of fused-ring (bicyclic) bond motifs is 2. The van der Waals surface area contributed by atoms with Crippen LogP contribution in [-0.2, 0) is 16.0 Å². The maximum Gasteiger partial charge on any atom is 0.416 e. The van der Waals surface area contributed by atoms with Crippen LogP contribution in [0.5, 0.6) is 11.5 Å². The number of rotatable bonds is 5. The number of methoxy groups -OCH3 is 1. The second-order valence-electron chi connectivity index (χ2n) is 7.35. The number of nitrogens with zero attached hydrogens (tertiary/aromatic N) is 1. The van der Waals surface area contributed by atoms with Gasteiger partial charge in [-0.1, -0.05) is 0 Å². The van der Waals surface area contributed by atoms with Gasteiger partial charge in [0.15, 0.2) is 11.5 Å². The monoisotopic (exact) mass is 456 g/mol. The quantitative estimate of drug-likeness (QED) is 0.636. The first-order chi connectivity index (χ1) is 14.4. The first-order valence-electron chi connectivity index (χ1n) is 9.33. The molecular formula is C20H19F3N2O5S. The Hall–Kier alpha value is -2.95. The van der Waals surface area contributed by atoms with E-state index >= 15 is 0 Å². The van der Waals surface area contributed by atoms with Crippen molar-refractivity contribution >= 4 is 20.9 Å². The highest BCUT2D eigenvalue weighted by atomic mass is 32.2. The summed E-state index contributed by atoms with van der Waals surface area (Å²) in [6, 6.07) is 3.92. The van der Waals surface area contributed by atoms with Gasteiger partial charge in [-0.05, 0) is 42.3 Å². The molecule has 3 aromatic rings. The van der Waals surface area contributed by atoms with Crippen LogP contribution in [0.15, 0.2) is 29.1 Å². The summed E-state index contributed by atoms with van der Waals surface area (Å²) in [5, 5.41) is 0. The van der Waals surface area contributed by atoms with Crippen molar-refractivity contribution in [3.63, 3.8) is 0 Å². The van der Waals surface area contributed by atoms with E-state index in [0.717, 1.165) is 18.4 Å². The predicted octanol–water partition coefficient (Wildman–Crippen LogP) is 3.37. The predicted molar refractivity (Wildman–Crippen MR) is 109 cm³/mol. The molecule has 1 atom stereocenters. The van der Waals surface area contributed by atoms with Gasteiger partial charge in [0.25, 0.3) is 0 Å². The van der Waals surface area contributed by atoms with Gasteiger partial charge in [-0.3, -0.25) is 4.57 Å². The molecule has 1 N–H and O–H groups in total. The van der Waals surface area contributed by atoms with Gasteiger partial charge in [-0.25, -0.2) is 13.2 Å². The van der Waals surface area contributed by atoms with Crippen LogP contribution in [0, 0.1) is 0 Å². The van der Waals surface area contributed by atoms with Crippen molar-refractivity contribution in [2.75, 3.05) is 25.7 Å². The number of hydrogen-bond donors (Lipinski definition) is 1. The smallest absolute Gasteiger partial charge is 0.416 e. The number of aromatic amines is 1. The van der Waals surface area contributed by atoms with Crippen LogP contribution in [0.1, 0.15) is 24.1 Å². The topological polar surface area (TPSA) is 90.4 Å². The summed E-state index contributed by atoms with van der Waals surface area (Å²) < 4.78 is 77.0. The SMILES string of the molecule is CCOc1cc2c(cc1OC)-c1cc(C(F)(F)F)cc3[nH]c(=O)n(c13)C2CS(C)(=O)=O. The van der Waals surface area contributed by atoms with Gasteiger partial charge in [0.05, 0.1) is 42.1 Å². The van der Waals surface area contributed by atoms with E-state index in [1.165, 1.54) is 23.8 Å². The Morgan fingerprint density at radius 2 is 1.84 bits per heavy atom. The van der Waals surface area contributed by atoms with Crippen LogP contribution in [0.2, 0.25) is 0 Å². The third-order valence-electron chi connectivity index (χ3n) is 5.20. The molecule has 1 unspecified atom stereocenters. The Bertz CT molecular complexity index is 1360. The molecule has 166 valence electrons. The fraction of sp³-hybridized carbons (Fsp3) is 0.350. The zero-order valence-corrected chi connectivity index (χ0v) is 17.6. The molecule has 0 spiro atoms. The molecule has 0 saturated heterocycles. The van der Waals surface area contributed by atoms with Gasteiger partial charge in [-0.2, -0.15) is 13.2 Å². The molecule has 1 aliphatic rings. The molecule has 0 amide bonds. The molecule has 2 heterocycles. The molecule has 7 nitrogen and oxygen atoms in total. The zero-order valence-electron chi connectivity index (χ0n) is 16.8. The number of hydrogen-bond acceptors (Lipinski definition) is 5. The van der Waals surface area contributed by atoms with E-state index in [1.54, 1.807) is 6.92 Å². The fourth-order valence-corrected chi connectivity index (χ4v) is 4.94. The van der Waals surface area contributed by atoms with Gasteiger partial charge in [0.2, 0.25) is 0 Å². The van der Waals surface area contributed by atoms with Crippen LogP contribution in [0.3, 0.4) is 0 Å². The molecule has 31 heavy (non-hydrogen) atoms. The van der Waals surface area contributed by atoms with Crippen molar-refractivity contribution < 1.29 is 31.1 Å². The van der Waals surface area contributed by atoms with Crippen molar-refractivity contribution in [2.24, 2.45) is 0 Å². The van der Waals surface area contributed by atoms with E-state index in [9.17, 15) is 26.4 Å². The standard InChI is InChI=1S/C20H19F3N2O5S/c1-4-30-17-8-12-11(7-16(17)29-2)13-5-10(20(21,22)23)6-14-18(13)25(19(26)24-14)15(12)9-31(3,27)28/h5-8,15H,4,9H2,1-3H3,(H,24,26). The summed E-state index contributed by atoms with van der Waals surface area (Å²) >= 11 is 0. The second kappa shape index (κ2) is 7.04. The minimum absolute atomic E-state index is 0.0215. The van der Waals surface area contributed by atoms with Crippen molar-refractivity contribution in [1.82, 2.24) is 9.55 Å². The van der Waals surface area contributed by atoms with Gasteiger partial charge in [0.1, 0.15) is 9.84 Å². The third-order valence-corrected chi connectivity index (χ3v) is 6.12. The van der Waals surface area contributed by atoms with Crippen molar-refractivity contribution in [3.8, 4) is 22.6 Å². The average molecular weight is 456 g/mol. The summed E-state index contributed by atoms with van der Waals surface area (Å²) in [5.74, 6) is 0.179. The van der Waals surface area contributed by atoms with Gasteiger partial charge in [-0.15, -0.1) is 0 Å². The highest BCUT2D eigenvalue weighted by Gasteiger charge is 2.37. The minimum Gasteiger partial charge on any atom is -0.493 e. The number of halogens is 3. The average Bonchev–Trinajstić information content (AvgIpc) is 2.99. The minimum atomic E-state index is -4.64. The summed E-state index contributed by atoms with van der Waals surface area (Å²) in [7, 11) is -2.16. The lowest BCUT2D eigenvalue weighted by atomic mass is 9.89. The van der Waals surface area contributed by atoms with Crippen LogP contribution < -0.4 is 15.2 Å². The Kier molecular flexibility index (Phi) is 4.84. The maximum absolute atomic E-state index is 13.5. The summed E-state index contributed by atoms with van der Waals surface area (Å²) in [6.45, 7) is 2.03. The lowest BCUT2D eigenvalue weighted by Crippen LogP contribution is -2.30. The second-order valence-corrected chi connectivity index (χ2v) is 9.53. The fourth-order valence-electron chi connectivity index (χ4n) is 4.04. The van der Waals surface area contributed by atoms with E-state index in [-0.39, 0.29) is 29.0 Å². The highest BCUT2D eigenvalue weighted by molar-refractivity contribution is 7.90. The molecule has 0 bridgehead atoms.